The largest absolute Gasteiger partial charge is 0.340 e. The van der Waals surface area contributed by atoms with E-state index >= 15 is 0 Å². The highest BCUT2D eigenvalue weighted by atomic mass is 32.2. The second-order valence-electron chi connectivity index (χ2n) is 9.94. The quantitative estimate of drug-likeness (QED) is 0.552. The van der Waals surface area contributed by atoms with Crippen molar-refractivity contribution in [2.45, 2.75) is 23.2 Å². The molecular weight excluding hydrogens is 496 g/mol. The molecule has 0 bridgehead atoms. The Morgan fingerprint density at radius 2 is 1.84 bits per heavy atom. The molecule has 196 valence electrons. The lowest BCUT2D eigenvalue weighted by molar-refractivity contribution is -0.117. The molecule has 6 rings (SSSR count). The molecule has 3 N–H and O–H groups in total. The van der Waals surface area contributed by atoms with Crippen LogP contribution in [0.15, 0.2) is 80.5 Å². The molecule has 10 heteroatoms. The highest BCUT2D eigenvalue weighted by Gasteiger charge is 2.30. The predicted molar refractivity (Wildman–Crippen MR) is 154 cm³/mol. The number of rotatable bonds is 5. The third kappa shape index (κ3) is 6.08. The summed E-state index contributed by atoms with van der Waals surface area (Å²) in [4.78, 5) is 32.3. The van der Waals surface area contributed by atoms with E-state index in [0.717, 1.165) is 61.4 Å². The normalized spacial score (nSPS) is 21.6. The fraction of sp³-hybridized carbons (Fsp3) is 0.357. The van der Waals surface area contributed by atoms with Crippen LogP contribution in [0, 0.1) is 5.92 Å². The van der Waals surface area contributed by atoms with Crippen molar-refractivity contribution < 1.29 is 4.79 Å². The zero-order chi connectivity index (χ0) is 25.9. The maximum Gasteiger partial charge on any atom is 0.227 e. The van der Waals surface area contributed by atoms with Crippen LogP contribution in [0.5, 0.6) is 0 Å². The van der Waals surface area contributed by atoms with Crippen LogP contribution in [-0.4, -0.2) is 78.7 Å². The summed E-state index contributed by atoms with van der Waals surface area (Å²) >= 11 is 1.56. The molecular formula is C28H32N8OS. The predicted octanol–water partition coefficient (Wildman–Crippen LogP) is 3.06. The first-order valence-corrected chi connectivity index (χ1v) is 14.0. The lowest BCUT2D eigenvalue weighted by atomic mass is 10.1. The Kier molecular flexibility index (Phi) is 7.15. The lowest BCUT2D eigenvalue weighted by Gasteiger charge is -2.36. The fourth-order valence-electron chi connectivity index (χ4n) is 4.52. The van der Waals surface area contributed by atoms with E-state index < -0.39 is 0 Å². The fourth-order valence-corrected chi connectivity index (χ4v) is 5.42. The lowest BCUT2D eigenvalue weighted by Crippen LogP contribution is -2.56. The number of likely N-dealkylation sites (N-methyl/N-ethyl adjacent to an activating group) is 1. The maximum absolute atomic E-state index is 12.2. The van der Waals surface area contributed by atoms with Crippen molar-refractivity contribution in [3.05, 3.63) is 66.2 Å². The number of hydrogen-bond acceptors (Lipinski definition) is 9. The number of carbonyl (C=O) groups excluding carboxylic acids is 1. The van der Waals surface area contributed by atoms with Gasteiger partial charge in [0.15, 0.2) is 5.50 Å². The van der Waals surface area contributed by atoms with Crippen LogP contribution in [-0.2, 0) is 4.79 Å². The molecule has 38 heavy (non-hydrogen) atoms. The highest BCUT2D eigenvalue weighted by Crippen LogP contribution is 2.32. The van der Waals surface area contributed by atoms with Crippen molar-refractivity contribution in [2.75, 3.05) is 45.1 Å². The number of benzene rings is 2. The Hall–Kier alpha value is -3.63. The Balaban J connectivity index is 1.19. The van der Waals surface area contributed by atoms with Crippen LogP contribution in [0.4, 0.5) is 5.69 Å². The number of aliphatic imine (C=N–C) groups is 3. The molecule has 1 amide bonds. The average molecular weight is 529 g/mol. The first kappa shape index (κ1) is 24.7. The smallest absolute Gasteiger partial charge is 0.227 e. The van der Waals surface area contributed by atoms with Gasteiger partial charge >= 0.3 is 0 Å². The topological polar surface area (TPSA) is 96.7 Å². The van der Waals surface area contributed by atoms with Crippen LogP contribution in [0.1, 0.15) is 18.4 Å². The number of amidine groups is 1. The van der Waals surface area contributed by atoms with Crippen LogP contribution in [0.3, 0.4) is 0 Å². The van der Waals surface area contributed by atoms with E-state index in [1.807, 2.05) is 42.5 Å². The number of thioether (sulfide) groups is 1. The van der Waals surface area contributed by atoms with Gasteiger partial charge in [0.1, 0.15) is 5.84 Å². The number of nitrogens with one attached hydrogen (secondary N) is 3. The SMILES string of the molecule is CN1CCN(C2=NC(Sc3cccc(NC(=O)C4CC4)c3)N=C(NC3=NCC(c4ccccc4)=C3)N2)CC1. The summed E-state index contributed by atoms with van der Waals surface area (Å²) in [6.07, 6.45) is 4.04. The number of anilines is 1. The van der Waals surface area contributed by atoms with Crippen LogP contribution >= 0.6 is 11.8 Å². The van der Waals surface area contributed by atoms with E-state index in [4.69, 9.17) is 9.98 Å². The summed E-state index contributed by atoms with van der Waals surface area (Å²) in [5.74, 6) is 2.50. The zero-order valence-electron chi connectivity index (χ0n) is 21.4. The summed E-state index contributed by atoms with van der Waals surface area (Å²) in [7, 11) is 2.14. The summed E-state index contributed by atoms with van der Waals surface area (Å²) < 4.78 is 0. The van der Waals surface area contributed by atoms with E-state index in [1.54, 1.807) is 11.8 Å². The van der Waals surface area contributed by atoms with Crippen LogP contribution in [0.2, 0.25) is 0 Å². The van der Waals surface area contributed by atoms with Crippen molar-refractivity contribution in [3.8, 4) is 0 Å². The Morgan fingerprint density at radius 1 is 1.03 bits per heavy atom. The third-order valence-corrected chi connectivity index (χ3v) is 7.87. The van der Waals surface area contributed by atoms with Gasteiger partial charge in [-0.1, -0.05) is 48.2 Å². The molecule has 4 aliphatic rings. The molecule has 1 saturated heterocycles. The molecule has 0 aromatic heterocycles. The van der Waals surface area contributed by atoms with Crippen molar-refractivity contribution in [1.29, 1.82) is 0 Å². The zero-order valence-corrected chi connectivity index (χ0v) is 22.2. The Bertz CT molecular complexity index is 1310. The second kappa shape index (κ2) is 11.0. The number of nitrogens with zero attached hydrogens (tertiary/aromatic N) is 5. The molecule has 2 fully saturated rings. The van der Waals surface area contributed by atoms with E-state index in [9.17, 15) is 4.79 Å². The molecule has 3 aliphatic heterocycles. The van der Waals surface area contributed by atoms with Crippen molar-refractivity contribution in [2.24, 2.45) is 20.9 Å². The Labute approximate surface area is 227 Å². The van der Waals surface area contributed by atoms with E-state index in [2.05, 4.69) is 56.0 Å². The third-order valence-electron chi connectivity index (χ3n) is 6.92. The van der Waals surface area contributed by atoms with Crippen molar-refractivity contribution >= 4 is 46.7 Å². The average Bonchev–Trinajstić information content (AvgIpc) is 3.69. The van der Waals surface area contributed by atoms with E-state index in [1.165, 1.54) is 11.1 Å². The van der Waals surface area contributed by atoms with Gasteiger partial charge in [0.25, 0.3) is 0 Å². The molecule has 1 atom stereocenters. The van der Waals surface area contributed by atoms with Gasteiger partial charge in [0, 0.05) is 42.7 Å². The first-order valence-electron chi connectivity index (χ1n) is 13.1. The summed E-state index contributed by atoms with van der Waals surface area (Å²) in [5, 5.41) is 9.84. The summed E-state index contributed by atoms with van der Waals surface area (Å²) in [5.41, 5.74) is 2.79. The molecule has 1 aliphatic carbocycles. The first-order chi connectivity index (χ1) is 18.6. The van der Waals surface area contributed by atoms with Crippen LogP contribution < -0.4 is 16.0 Å². The minimum Gasteiger partial charge on any atom is -0.340 e. The van der Waals surface area contributed by atoms with Gasteiger partial charge in [-0.05, 0) is 55.3 Å². The van der Waals surface area contributed by atoms with Gasteiger partial charge in [0.05, 0.1) is 6.54 Å². The number of carbonyl (C=O) groups is 1. The van der Waals surface area contributed by atoms with Gasteiger partial charge < -0.3 is 20.4 Å². The second-order valence-corrected chi connectivity index (χ2v) is 11.1. The number of piperazine rings is 1. The monoisotopic (exact) mass is 528 g/mol. The van der Waals surface area contributed by atoms with E-state index in [0.29, 0.717) is 12.5 Å². The molecule has 1 unspecified atom stereocenters. The summed E-state index contributed by atoms with van der Waals surface area (Å²) in [6.45, 7) is 4.40. The van der Waals surface area contributed by atoms with Gasteiger partial charge in [-0.15, -0.1) is 0 Å². The summed E-state index contributed by atoms with van der Waals surface area (Å²) in [6, 6.07) is 18.2. The van der Waals surface area contributed by atoms with Gasteiger partial charge in [-0.2, -0.15) is 0 Å². The molecule has 0 spiro atoms. The molecule has 9 nitrogen and oxygen atoms in total. The molecule has 2 aromatic carbocycles. The highest BCUT2D eigenvalue weighted by molar-refractivity contribution is 8.00. The molecule has 2 aromatic rings. The van der Waals surface area contributed by atoms with Crippen LogP contribution in [0.25, 0.3) is 5.57 Å². The molecule has 0 radical (unpaired) electrons. The standard InChI is InChI=1S/C28H32N8OS/c1-35-12-14-36(15-13-35)27-32-26(31-24-16-21(18-29-24)19-6-3-2-4-7-19)33-28(34-27)38-23-9-5-8-22(17-23)30-25(37)20-10-11-20/h2-9,16-17,20,28H,10-15,18H2,1H3,(H,30,37)(H2,29,31,32,33,34). The van der Waals surface area contributed by atoms with Gasteiger partial charge in [-0.25, -0.2) is 9.98 Å². The number of guanidine groups is 2. The van der Waals surface area contributed by atoms with Gasteiger partial charge in [0.2, 0.25) is 17.8 Å². The van der Waals surface area contributed by atoms with Gasteiger partial charge in [-0.3, -0.25) is 15.1 Å². The minimum absolute atomic E-state index is 0.106. The van der Waals surface area contributed by atoms with Crippen molar-refractivity contribution in [1.82, 2.24) is 20.4 Å². The number of hydrogen-bond donors (Lipinski definition) is 3. The molecule has 3 heterocycles. The maximum atomic E-state index is 12.2. The molecule has 1 saturated carbocycles. The number of amides is 1. The Morgan fingerprint density at radius 3 is 2.63 bits per heavy atom. The minimum atomic E-state index is -0.373. The van der Waals surface area contributed by atoms with E-state index in [-0.39, 0.29) is 17.3 Å². The van der Waals surface area contributed by atoms with Crippen molar-refractivity contribution in [3.63, 3.8) is 0 Å².